The van der Waals surface area contributed by atoms with Gasteiger partial charge in [0.15, 0.2) is 0 Å². The van der Waals surface area contributed by atoms with Crippen LogP contribution in [-0.4, -0.2) is 10.7 Å². The summed E-state index contributed by atoms with van der Waals surface area (Å²) in [5, 5.41) is 8.42. The second-order valence-corrected chi connectivity index (χ2v) is 9.62. The molecule has 0 fully saturated rings. The summed E-state index contributed by atoms with van der Waals surface area (Å²) in [5.41, 5.74) is 4.18. The molecule has 0 spiro atoms. The number of hydrogen-bond donors (Lipinski definition) is 0. The molecule has 0 aliphatic carbocycles. The largest absolute Gasteiger partial charge is 0.463 e. The van der Waals surface area contributed by atoms with E-state index in [0.29, 0.717) is 10.0 Å². The van der Waals surface area contributed by atoms with E-state index in [4.69, 9.17) is 33.0 Å². The molecule has 2 aliphatic heterocycles. The first-order valence-corrected chi connectivity index (χ1v) is 11.4. The molecule has 3 aromatic carbocycles. The predicted molar refractivity (Wildman–Crippen MR) is 124 cm³/mol. The molecule has 2 aliphatic rings. The third kappa shape index (κ3) is 3.59. The zero-order chi connectivity index (χ0) is 20.1. The van der Waals surface area contributed by atoms with Crippen molar-refractivity contribution in [1.82, 2.24) is 5.01 Å². The second kappa shape index (κ2) is 7.62. The number of rotatable bonds is 2. The average Bonchev–Trinajstić information content (AvgIpc) is 3.14. The molecule has 2 heterocycles. The monoisotopic (exact) mass is 550 g/mol. The van der Waals surface area contributed by atoms with E-state index >= 15 is 0 Å². The van der Waals surface area contributed by atoms with Crippen molar-refractivity contribution in [3.63, 3.8) is 0 Å². The maximum Gasteiger partial charge on any atom is 0.213 e. The van der Waals surface area contributed by atoms with E-state index in [1.54, 1.807) is 0 Å². The molecule has 3 nitrogen and oxygen atoms in total. The van der Waals surface area contributed by atoms with E-state index in [1.807, 2.05) is 59.6 Å². The van der Waals surface area contributed by atoms with Crippen LogP contribution >= 0.6 is 55.1 Å². The number of hydrazone groups is 1. The normalized spacial score (nSPS) is 20.0. The smallest absolute Gasteiger partial charge is 0.213 e. The lowest BCUT2D eigenvalue weighted by Crippen LogP contribution is -2.33. The second-order valence-electron chi connectivity index (χ2n) is 6.98. The van der Waals surface area contributed by atoms with E-state index in [-0.39, 0.29) is 12.3 Å². The summed E-state index contributed by atoms with van der Waals surface area (Å²) < 4.78 is 8.36. The quantitative estimate of drug-likeness (QED) is 0.324. The van der Waals surface area contributed by atoms with E-state index in [9.17, 15) is 0 Å². The molecule has 0 amide bonds. The van der Waals surface area contributed by atoms with Crippen molar-refractivity contribution in [2.45, 2.75) is 18.7 Å². The molecule has 2 atom stereocenters. The molecular formula is C22H14Br2Cl2N2O. The molecule has 3 aromatic rings. The summed E-state index contributed by atoms with van der Waals surface area (Å²) in [6, 6.07) is 19.7. The van der Waals surface area contributed by atoms with Gasteiger partial charge in [0.25, 0.3) is 0 Å². The molecule has 0 radical (unpaired) electrons. The Morgan fingerprint density at radius 2 is 1.59 bits per heavy atom. The van der Waals surface area contributed by atoms with Crippen LogP contribution in [0.1, 0.15) is 35.4 Å². The van der Waals surface area contributed by atoms with Gasteiger partial charge in [-0.2, -0.15) is 5.10 Å². The Balaban J connectivity index is 1.62. The molecule has 0 saturated carbocycles. The van der Waals surface area contributed by atoms with Crippen LogP contribution in [0.4, 0.5) is 0 Å². The highest BCUT2D eigenvalue weighted by atomic mass is 79.9. The average molecular weight is 553 g/mol. The fraction of sp³-hybridized carbons (Fsp3) is 0.136. The van der Waals surface area contributed by atoms with Crippen LogP contribution in [0.5, 0.6) is 5.75 Å². The van der Waals surface area contributed by atoms with Crippen LogP contribution in [0, 0.1) is 0 Å². The van der Waals surface area contributed by atoms with Crippen molar-refractivity contribution in [2.75, 3.05) is 0 Å². The highest BCUT2D eigenvalue weighted by Crippen LogP contribution is 2.50. The Kier molecular flexibility index (Phi) is 5.11. The Morgan fingerprint density at radius 1 is 0.931 bits per heavy atom. The molecule has 0 N–H and O–H groups in total. The van der Waals surface area contributed by atoms with Gasteiger partial charge in [-0.1, -0.05) is 63.4 Å². The van der Waals surface area contributed by atoms with Crippen LogP contribution in [0.3, 0.4) is 0 Å². The third-order valence-corrected chi connectivity index (χ3v) is 6.69. The summed E-state index contributed by atoms with van der Waals surface area (Å²) >= 11 is 19.4. The number of halogens is 4. The van der Waals surface area contributed by atoms with Gasteiger partial charge < -0.3 is 4.74 Å². The highest BCUT2D eigenvalue weighted by Gasteiger charge is 2.41. The highest BCUT2D eigenvalue weighted by molar-refractivity contribution is 9.11. The molecule has 0 saturated heterocycles. The van der Waals surface area contributed by atoms with Gasteiger partial charge in [-0.15, -0.1) is 0 Å². The zero-order valence-corrected chi connectivity index (χ0v) is 19.6. The molecular weight excluding hydrogens is 539 g/mol. The van der Waals surface area contributed by atoms with Gasteiger partial charge in [-0.25, -0.2) is 5.01 Å². The van der Waals surface area contributed by atoms with Crippen LogP contribution in [-0.2, 0) is 0 Å². The van der Waals surface area contributed by atoms with Crippen molar-refractivity contribution in [2.24, 2.45) is 5.10 Å². The first-order chi connectivity index (χ1) is 14.0. The molecule has 0 aromatic heterocycles. The Labute approximate surface area is 195 Å². The van der Waals surface area contributed by atoms with Gasteiger partial charge in [-0.05, 0) is 57.9 Å². The van der Waals surface area contributed by atoms with Gasteiger partial charge in [0.05, 0.1) is 16.2 Å². The first-order valence-electron chi connectivity index (χ1n) is 9.02. The number of fused-ring (bicyclic) bond motifs is 3. The van der Waals surface area contributed by atoms with Gasteiger partial charge in [0.1, 0.15) is 5.75 Å². The first kappa shape index (κ1) is 19.4. The zero-order valence-electron chi connectivity index (χ0n) is 14.9. The van der Waals surface area contributed by atoms with Gasteiger partial charge >= 0.3 is 0 Å². The molecule has 0 unspecified atom stereocenters. The van der Waals surface area contributed by atoms with Crippen LogP contribution < -0.4 is 4.74 Å². The Morgan fingerprint density at radius 3 is 2.28 bits per heavy atom. The van der Waals surface area contributed by atoms with E-state index in [0.717, 1.165) is 43.5 Å². The summed E-state index contributed by atoms with van der Waals surface area (Å²) in [7, 11) is 0. The maximum absolute atomic E-state index is 6.45. The fourth-order valence-electron chi connectivity index (χ4n) is 3.78. The fourth-order valence-corrected chi connectivity index (χ4v) is 5.38. The van der Waals surface area contributed by atoms with Gasteiger partial charge in [0, 0.05) is 32.1 Å². The lowest BCUT2D eigenvalue weighted by Gasteiger charge is -2.38. The summed E-state index contributed by atoms with van der Waals surface area (Å²) in [4.78, 5) is 0. The Hall–Kier alpha value is -1.53. The summed E-state index contributed by atoms with van der Waals surface area (Å²) in [5.74, 6) is 0.849. The van der Waals surface area contributed by atoms with Crippen LogP contribution in [0.25, 0.3) is 0 Å². The third-order valence-electron chi connectivity index (χ3n) is 5.14. The molecule has 7 heteroatoms. The van der Waals surface area contributed by atoms with Gasteiger partial charge in [-0.3, -0.25) is 0 Å². The van der Waals surface area contributed by atoms with Crippen LogP contribution in [0.2, 0.25) is 10.0 Å². The predicted octanol–water partition coefficient (Wildman–Crippen LogP) is 7.76. The lowest BCUT2D eigenvalue weighted by molar-refractivity contribution is -0.0197. The van der Waals surface area contributed by atoms with E-state index in [1.165, 1.54) is 0 Å². The number of nitrogens with zero attached hydrogens (tertiary/aromatic N) is 2. The topological polar surface area (TPSA) is 24.8 Å². The van der Waals surface area contributed by atoms with Crippen molar-refractivity contribution < 1.29 is 4.74 Å². The number of hydrogen-bond acceptors (Lipinski definition) is 3. The van der Waals surface area contributed by atoms with Crippen molar-refractivity contribution >= 4 is 60.8 Å². The minimum Gasteiger partial charge on any atom is -0.463 e. The van der Waals surface area contributed by atoms with Crippen LogP contribution in [0.15, 0.2) is 74.7 Å². The maximum atomic E-state index is 6.45. The minimum absolute atomic E-state index is 0.0684. The molecule has 5 rings (SSSR count). The summed E-state index contributed by atoms with van der Waals surface area (Å²) in [6.45, 7) is 0. The Bertz CT molecular complexity index is 1120. The van der Waals surface area contributed by atoms with E-state index < -0.39 is 0 Å². The molecule has 146 valence electrons. The molecule has 29 heavy (non-hydrogen) atoms. The van der Waals surface area contributed by atoms with E-state index in [2.05, 4.69) is 37.9 Å². The standard InChI is InChI=1S/C22H14Br2Cl2N2O/c23-14-9-17-20-11-19(12-1-5-15(25)6-2-12)27-28(20)22(29-21(17)18(24)10-14)13-3-7-16(26)8-4-13/h1-10,20,22H,11H2/t20-,22-/m1/s1. The minimum atomic E-state index is -0.341. The van der Waals surface area contributed by atoms with Crippen molar-refractivity contribution in [1.29, 1.82) is 0 Å². The SMILES string of the molecule is Clc1ccc(C2=NN3[C@H](C2)c2cc(Br)cc(Br)c2O[C@@H]3c2ccc(Cl)cc2)cc1. The summed E-state index contributed by atoms with van der Waals surface area (Å²) in [6.07, 6.45) is 0.442. The van der Waals surface area contributed by atoms with Crippen molar-refractivity contribution in [3.05, 3.63) is 96.3 Å². The number of ether oxygens (including phenoxy) is 1. The number of benzene rings is 3. The lowest BCUT2D eigenvalue weighted by atomic mass is 9.96. The van der Waals surface area contributed by atoms with Crippen molar-refractivity contribution in [3.8, 4) is 5.75 Å². The van der Waals surface area contributed by atoms with Gasteiger partial charge in [0.2, 0.25) is 6.23 Å². The molecule has 0 bridgehead atoms.